The summed E-state index contributed by atoms with van der Waals surface area (Å²) >= 11 is 5.95. The summed E-state index contributed by atoms with van der Waals surface area (Å²) in [6.07, 6.45) is 1.11. The molecule has 0 radical (unpaired) electrons. The summed E-state index contributed by atoms with van der Waals surface area (Å²) < 4.78 is 62.1. The third-order valence-corrected chi connectivity index (χ3v) is 9.82. The quantitative estimate of drug-likeness (QED) is 0.725. The number of rotatable bonds is 2. The summed E-state index contributed by atoms with van der Waals surface area (Å²) in [6.45, 7) is -0.0722. The number of carbonyl (C=O) groups is 1. The summed E-state index contributed by atoms with van der Waals surface area (Å²) in [6, 6.07) is 7.40. The van der Waals surface area contributed by atoms with Crippen molar-refractivity contribution in [3.63, 3.8) is 0 Å². The Labute approximate surface area is 183 Å². The van der Waals surface area contributed by atoms with Gasteiger partial charge < -0.3 is 10.1 Å². The van der Waals surface area contributed by atoms with E-state index in [0.29, 0.717) is 17.9 Å². The van der Waals surface area contributed by atoms with Crippen LogP contribution < -0.4 is 10.1 Å². The fourth-order valence-electron chi connectivity index (χ4n) is 5.66. The molecule has 2 aromatic carbocycles. The van der Waals surface area contributed by atoms with Gasteiger partial charge in [-0.05, 0) is 61.6 Å². The van der Waals surface area contributed by atoms with E-state index < -0.39 is 32.1 Å². The number of hydrogen-bond donors (Lipinski definition) is 1. The van der Waals surface area contributed by atoms with Crippen molar-refractivity contribution in [3.05, 3.63) is 58.6 Å². The van der Waals surface area contributed by atoms with Gasteiger partial charge in [0.05, 0.1) is 17.1 Å². The van der Waals surface area contributed by atoms with E-state index in [4.69, 9.17) is 16.3 Å². The second-order valence-electron chi connectivity index (χ2n) is 8.41. The van der Waals surface area contributed by atoms with Crippen LogP contribution in [0, 0.1) is 23.5 Å². The Morgan fingerprint density at radius 3 is 2.52 bits per heavy atom. The van der Waals surface area contributed by atoms with Gasteiger partial charge in [0, 0.05) is 23.4 Å². The Bertz CT molecular complexity index is 1170. The number of sulfone groups is 1. The molecule has 164 valence electrons. The minimum absolute atomic E-state index is 0.00305. The van der Waals surface area contributed by atoms with Gasteiger partial charge in [0.1, 0.15) is 10.6 Å². The Morgan fingerprint density at radius 1 is 1.06 bits per heavy atom. The van der Waals surface area contributed by atoms with Crippen LogP contribution in [0.2, 0.25) is 5.02 Å². The predicted octanol–water partition coefficient (Wildman–Crippen LogP) is 3.98. The number of benzene rings is 2. The van der Waals surface area contributed by atoms with Gasteiger partial charge in [-0.1, -0.05) is 11.6 Å². The third kappa shape index (κ3) is 2.91. The lowest BCUT2D eigenvalue weighted by atomic mass is 9.63. The average molecular weight is 468 g/mol. The molecule has 2 aromatic rings. The molecule has 5 rings (SSSR count). The van der Waals surface area contributed by atoms with E-state index in [0.717, 1.165) is 12.1 Å². The molecular weight excluding hydrogens is 448 g/mol. The lowest BCUT2D eigenvalue weighted by Gasteiger charge is -2.54. The minimum Gasteiger partial charge on any atom is -0.490 e. The highest BCUT2D eigenvalue weighted by atomic mass is 35.5. The van der Waals surface area contributed by atoms with Gasteiger partial charge in [0.2, 0.25) is 5.91 Å². The molecule has 31 heavy (non-hydrogen) atoms. The Balaban J connectivity index is 1.77. The average Bonchev–Trinajstić information content (AvgIpc) is 2.75. The van der Waals surface area contributed by atoms with E-state index in [9.17, 15) is 17.6 Å². The zero-order chi connectivity index (χ0) is 22.0. The van der Waals surface area contributed by atoms with Crippen LogP contribution >= 0.6 is 11.6 Å². The van der Waals surface area contributed by atoms with E-state index in [2.05, 4.69) is 5.32 Å². The third-order valence-electron chi connectivity index (χ3n) is 7.00. The minimum atomic E-state index is -4.18. The van der Waals surface area contributed by atoms with Crippen molar-refractivity contribution in [3.8, 4) is 5.75 Å². The van der Waals surface area contributed by atoms with Crippen LogP contribution in [0.1, 0.15) is 31.2 Å². The van der Waals surface area contributed by atoms with Crippen LogP contribution in [0.25, 0.3) is 0 Å². The van der Waals surface area contributed by atoms with E-state index in [1.165, 1.54) is 24.3 Å². The first-order chi connectivity index (χ1) is 14.8. The topological polar surface area (TPSA) is 72.5 Å². The molecule has 2 aliphatic heterocycles. The number of piperidine rings is 1. The van der Waals surface area contributed by atoms with Crippen LogP contribution in [0.3, 0.4) is 0 Å². The summed E-state index contributed by atoms with van der Waals surface area (Å²) in [5.74, 6) is -2.90. The number of halogens is 3. The highest BCUT2D eigenvalue weighted by molar-refractivity contribution is 7.92. The fraction of sp³-hybridized carbons (Fsp3) is 0.409. The molecule has 9 heteroatoms. The lowest BCUT2D eigenvalue weighted by Crippen LogP contribution is -2.61. The van der Waals surface area contributed by atoms with E-state index in [1.54, 1.807) is 0 Å². The predicted molar refractivity (Wildman–Crippen MR) is 110 cm³/mol. The summed E-state index contributed by atoms with van der Waals surface area (Å²) in [5, 5.41) is 3.31. The number of carbonyl (C=O) groups excluding carboxylic acids is 1. The van der Waals surface area contributed by atoms with Crippen molar-refractivity contribution in [2.45, 2.75) is 41.4 Å². The van der Waals surface area contributed by atoms with E-state index in [1.807, 2.05) is 0 Å². The van der Waals surface area contributed by atoms with Crippen LogP contribution in [-0.4, -0.2) is 27.0 Å². The van der Waals surface area contributed by atoms with Gasteiger partial charge in [-0.15, -0.1) is 0 Å². The standard InChI is InChI=1S/C22H20ClF2NO4S/c23-12-1-3-13(4-2-12)31(28,29)22-10-9-18-14(5-8-19(27)26-18)15(22)11-30-21-17(25)7-6-16(24)20(21)22/h1-4,6-7,14-15,18H,5,8-11H2,(H,26,27)/t14-,15-,18+,22-/m0/s1. The molecule has 2 heterocycles. The first-order valence-corrected chi connectivity index (χ1v) is 12.0. The first-order valence-electron chi connectivity index (χ1n) is 10.2. The van der Waals surface area contributed by atoms with Crippen LogP contribution in [-0.2, 0) is 19.4 Å². The second kappa shape index (κ2) is 7.17. The molecule has 0 spiro atoms. The van der Waals surface area contributed by atoms with Gasteiger partial charge in [0.15, 0.2) is 21.4 Å². The maximum Gasteiger partial charge on any atom is 0.220 e. The molecule has 5 nitrogen and oxygen atoms in total. The monoisotopic (exact) mass is 467 g/mol. The maximum atomic E-state index is 15.3. The molecule has 1 saturated heterocycles. The van der Waals surface area contributed by atoms with Gasteiger partial charge in [0.25, 0.3) is 0 Å². The number of hydrogen-bond acceptors (Lipinski definition) is 4. The molecule has 1 aliphatic carbocycles. The molecule has 3 aliphatic rings. The number of ether oxygens (including phenoxy) is 1. The summed E-state index contributed by atoms with van der Waals surface area (Å²) in [7, 11) is -4.18. The largest absolute Gasteiger partial charge is 0.490 e. The first kappa shape index (κ1) is 20.7. The Hall–Kier alpha value is -2.19. The van der Waals surface area contributed by atoms with Gasteiger partial charge in [-0.3, -0.25) is 4.79 Å². The molecule has 0 aromatic heterocycles. The Morgan fingerprint density at radius 2 is 1.77 bits per heavy atom. The van der Waals surface area contributed by atoms with E-state index in [-0.39, 0.29) is 53.5 Å². The second-order valence-corrected chi connectivity index (χ2v) is 11.1. The molecule has 0 bridgehead atoms. The molecule has 1 amide bonds. The highest BCUT2D eigenvalue weighted by Crippen LogP contribution is 2.59. The van der Waals surface area contributed by atoms with Crippen molar-refractivity contribution in [1.29, 1.82) is 0 Å². The molecule has 4 atom stereocenters. The highest BCUT2D eigenvalue weighted by Gasteiger charge is 2.63. The summed E-state index contributed by atoms with van der Waals surface area (Å²) in [5.41, 5.74) is -0.242. The molecule has 1 saturated carbocycles. The van der Waals surface area contributed by atoms with Gasteiger partial charge in [-0.25, -0.2) is 17.2 Å². The van der Waals surface area contributed by atoms with Crippen molar-refractivity contribution >= 4 is 27.3 Å². The van der Waals surface area contributed by atoms with Crippen molar-refractivity contribution in [1.82, 2.24) is 5.32 Å². The number of amides is 1. The van der Waals surface area contributed by atoms with Crippen molar-refractivity contribution < 1.29 is 26.7 Å². The number of nitrogens with one attached hydrogen (secondary N) is 1. The lowest BCUT2D eigenvalue weighted by molar-refractivity contribution is -0.126. The molecule has 2 fully saturated rings. The fourth-order valence-corrected chi connectivity index (χ4v) is 8.18. The van der Waals surface area contributed by atoms with Crippen molar-refractivity contribution in [2.75, 3.05) is 6.61 Å². The van der Waals surface area contributed by atoms with E-state index >= 15 is 4.39 Å². The Kier molecular flexibility index (Phi) is 4.79. The van der Waals surface area contributed by atoms with Gasteiger partial charge >= 0.3 is 0 Å². The normalized spacial score (nSPS) is 29.8. The molecule has 0 unspecified atom stereocenters. The van der Waals surface area contributed by atoms with Crippen LogP contribution in [0.4, 0.5) is 8.78 Å². The van der Waals surface area contributed by atoms with Crippen LogP contribution in [0.15, 0.2) is 41.3 Å². The summed E-state index contributed by atoms with van der Waals surface area (Å²) in [4.78, 5) is 11.9. The zero-order valence-corrected chi connectivity index (χ0v) is 18.0. The zero-order valence-electron chi connectivity index (χ0n) is 16.4. The molecular formula is C22H20ClF2NO4S. The van der Waals surface area contributed by atoms with Crippen molar-refractivity contribution in [2.24, 2.45) is 11.8 Å². The smallest absolute Gasteiger partial charge is 0.220 e. The number of fused-ring (bicyclic) bond motifs is 5. The SMILES string of the molecule is O=C1CC[C@@H]2[C@@H](CC[C@@]3(S(=O)(=O)c4ccc(Cl)cc4)c4c(F)ccc(F)c4OC[C@@H]23)N1. The maximum absolute atomic E-state index is 15.3. The van der Waals surface area contributed by atoms with Gasteiger partial charge in [-0.2, -0.15) is 0 Å². The van der Waals surface area contributed by atoms with Crippen LogP contribution in [0.5, 0.6) is 5.75 Å². The molecule has 1 N–H and O–H groups in total.